The topological polar surface area (TPSA) is 45.2 Å². The standard InChI is InChI=1S/C24H37N3O/c1-2-11-27(23(28)26-10-6-19-4-8-25-9-5-19)12-3-7-24-16-20-13-21(17-24)15-22(14-20)18-24/h4-5,8-9,20-22H,2-3,6-7,10-18H2,1H3,(H,26,28). The van der Waals surface area contributed by atoms with Crippen molar-refractivity contribution in [1.29, 1.82) is 0 Å². The van der Waals surface area contributed by atoms with Crippen molar-refractivity contribution in [2.24, 2.45) is 23.2 Å². The summed E-state index contributed by atoms with van der Waals surface area (Å²) in [6.07, 6.45) is 17.0. The number of aromatic nitrogens is 1. The van der Waals surface area contributed by atoms with Gasteiger partial charge < -0.3 is 10.2 Å². The summed E-state index contributed by atoms with van der Waals surface area (Å²) in [6.45, 7) is 4.63. The number of carbonyl (C=O) groups excluding carboxylic acids is 1. The Kier molecular flexibility index (Phi) is 6.22. The van der Waals surface area contributed by atoms with Crippen LogP contribution in [-0.4, -0.2) is 35.5 Å². The van der Waals surface area contributed by atoms with Crippen molar-refractivity contribution in [1.82, 2.24) is 15.2 Å². The molecule has 4 saturated carbocycles. The van der Waals surface area contributed by atoms with Gasteiger partial charge in [0.25, 0.3) is 0 Å². The molecule has 154 valence electrons. The number of carbonyl (C=O) groups is 1. The number of hydrogen-bond donors (Lipinski definition) is 1. The Labute approximate surface area is 170 Å². The van der Waals surface area contributed by atoms with Gasteiger partial charge in [-0.1, -0.05) is 6.92 Å². The Morgan fingerprint density at radius 2 is 1.75 bits per heavy atom. The van der Waals surface area contributed by atoms with Crippen molar-refractivity contribution in [2.75, 3.05) is 19.6 Å². The SMILES string of the molecule is CCCN(CCCC12CC3CC(CC(C3)C1)C2)C(=O)NCCc1ccncc1. The van der Waals surface area contributed by atoms with E-state index in [1.807, 2.05) is 29.4 Å². The first-order chi connectivity index (χ1) is 13.7. The summed E-state index contributed by atoms with van der Waals surface area (Å²) in [5.74, 6) is 3.07. The van der Waals surface area contributed by atoms with Crippen molar-refractivity contribution >= 4 is 6.03 Å². The average molecular weight is 384 g/mol. The molecule has 0 aliphatic heterocycles. The van der Waals surface area contributed by atoms with Crippen LogP contribution in [0.3, 0.4) is 0 Å². The van der Waals surface area contributed by atoms with Gasteiger partial charge in [-0.2, -0.15) is 0 Å². The van der Waals surface area contributed by atoms with E-state index in [-0.39, 0.29) is 6.03 Å². The van der Waals surface area contributed by atoms with E-state index in [1.54, 1.807) is 0 Å². The van der Waals surface area contributed by atoms with E-state index in [0.29, 0.717) is 12.0 Å². The highest BCUT2D eigenvalue weighted by molar-refractivity contribution is 5.74. The lowest BCUT2D eigenvalue weighted by Gasteiger charge is -2.57. The molecule has 1 heterocycles. The van der Waals surface area contributed by atoms with Crippen molar-refractivity contribution in [3.63, 3.8) is 0 Å². The minimum absolute atomic E-state index is 0.112. The molecular formula is C24H37N3O. The molecule has 4 aliphatic carbocycles. The van der Waals surface area contributed by atoms with Gasteiger partial charge in [-0.05, 0) is 105 Å². The number of pyridine rings is 1. The van der Waals surface area contributed by atoms with E-state index in [2.05, 4.69) is 17.2 Å². The maximum Gasteiger partial charge on any atom is 0.317 e. The van der Waals surface area contributed by atoms with Crippen LogP contribution in [0.25, 0.3) is 0 Å². The van der Waals surface area contributed by atoms with Crippen LogP contribution in [0.15, 0.2) is 24.5 Å². The van der Waals surface area contributed by atoms with E-state index in [4.69, 9.17) is 0 Å². The molecular weight excluding hydrogens is 346 g/mol. The van der Waals surface area contributed by atoms with Crippen LogP contribution in [0, 0.1) is 23.2 Å². The van der Waals surface area contributed by atoms with Crippen LogP contribution < -0.4 is 5.32 Å². The first-order valence-electron chi connectivity index (χ1n) is 11.6. The number of nitrogens with zero attached hydrogens (tertiary/aromatic N) is 2. The molecule has 1 aromatic heterocycles. The van der Waals surface area contributed by atoms with Crippen LogP contribution in [0.4, 0.5) is 4.79 Å². The fraction of sp³-hybridized carbons (Fsp3) is 0.750. The molecule has 0 saturated heterocycles. The van der Waals surface area contributed by atoms with Gasteiger partial charge in [0.05, 0.1) is 0 Å². The van der Waals surface area contributed by atoms with Gasteiger partial charge in [-0.25, -0.2) is 4.79 Å². The second kappa shape index (κ2) is 8.84. The number of amides is 2. The minimum atomic E-state index is 0.112. The van der Waals surface area contributed by atoms with Gasteiger partial charge in [0.15, 0.2) is 0 Å². The van der Waals surface area contributed by atoms with Crippen molar-refractivity contribution in [3.05, 3.63) is 30.1 Å². The van der Waals surface area contributed by atoms with E-state index < -0.39 is 0 Å². The quantitative estimate of drug-likeness (QED) is 0.649. The number of nitrogens with one attached hydrogen (secondary N) is 1. The van der Waals surface area contributed by atoms with E-state index >= 15 is 0 Å². The second-order valence-electron chi connectivity index (χ2n) is 9.85. The van der Waals surface area contributed by atoms with E-state index in [1.165, 1.54) is 56.9 Å². The molecule has 5 rings (SSSR count). The van der Waals surface area contributed by atoms with Gasteiger partial charge in [0.2, 0.25) is 0 Å². The predicted octanol–water partition coefficient (Wildman–Crippen LogP) is 5.04. The van der Waals surface area contributed by atoms with Crippen LogP contribution in [0.2, 0.25) is 0 Å². The molecule has 1 aromatic rings. The predicted molar refractivity (Wildman–Crippen MR) is 113 cm³/mol. The maximum atomic E-state index is 12.7. The Morgan fingerprint density at radius 1 is 1.11 bits per heavy atom. The molecule has 0 aromatic carbocycles. The molecule has 4 bridgehead atoms. The van der Waals surface area contributed by atoms with Crippen molar-refractivity contribution in [2.45, 2.75) is 71.1 Å². The third-order valence-corrected chi connectivity index (χ3v) is 7.52. The summed E-state index contributed by atoms with van der Waals surface area (Å²) < 4.78 is 0. The molecule has 4 heteroatoms. The first-order valence-corrected chi connectivity index (χ1v) is 11.6. The van der Waals surface area contributed by atoms with Gasteiger partial charge in [0, 0.05) is 32.0 Å². The van der Waals surface area contributed by atoms with E-state index in [0.717, 1.165) is 43.7 Å². The molecule has 4 aliphatic rings. The summed E-state index contributed by atoms with van der Waals surface area (Å²) in [5.41, 5.74) is 1.85. The molecule has 4 nitrogen and oxygen atoms in total. The zero-order valence-electron chi connectivity index (χ0n) is 17.5. The Bertz CT molecular complexity index is 609. The van der Waals surface area contributed by atoms with Crippen LogP contribution in [-0.2, 0) is 6.42 Å². The van der Waals surface area contributed by atoms with Gasteiger partial charge in [0.1, 0.15) is 0 Å². The molecule has 4 fully saturated rings. The van der Waals surface area contributed by atoms with Gasteiger partial charge in [-0.15, -0.1) is 0 Å². The molecule has 0 radical (unpaired) electrons. The number of hydrogen-bond acceptors (Lipinski definition) is 2. The maximum absolute atomic E-state index is 12.7. The number of urea groups is 1. The lowest BCUT2D eigenvalue weighted by atomic mass is 9.48. The Morgan fingerprint density at radius 3 is 2.36 bits per heavy atom. The summed E-state index contributed by atoms with van der Waals surface area (Å²) in [7, 11) is 0. The third kappa shape index (κ3) is 4.69. The highest BCUT2D eigenvalue weighted by atomic mass is 16.2. The highest BCUT2D eigenvalue weighted by Crippen LogP contribution is 2.61. The fourth-order valence-electron chi connectivity index (χ4n) is 6.80. The molecule has 0 spiro atoms. The summed E-state index contributed by atoms with van der Waals surface area (Å²) in [6, 6.07) is 4.14. The molecule has 0 unspecified atom stereocenters. The smallest absolute Gasteiger partial charge is 0.317 e. The number of rotatable bonds is 9. The normalized spacial score (nSPS) is 30.4. The van der Waals surface area contributed by atoms with Crippen LogP contribution >= 0.6 is 0 Å². The average Bonchev–Trinajstić information content (AvgIpc) is 2.67. The zero-order valence-corrected chi connectivity index (χ0v) is 17.5. The highest BCUT2D eigenvalue weighted by Gasteiger charge is 2.50. The van der Waals surface area contributed by atoms with Gasteiger partial charge >= 0.3 is 6.03 Å². The molecule has 28 heavy (non-hydrogen) atoms. The fourth-order valence-corrected chi connectivity index (χ4v) is 6.80. The summed E-state index contributed by atoms with van der Waals surface area (Å²) >= 11 is 0. The third-order valence-electron chi connectivity index (χ3n) is 7.52. The summed E-state index contributed by atoms with van der Waals surface area (Å²) in [4.78, 5) is 18.8. The molecule has 2 amide bonds. The van der Waals surface area contributed by atoms with Crippen molar-refractivity contribution < 1.29 is 4.79 Å². The summed E-state index contributed by atoms with van der Waals surface area (Å²) in [5, 5.41) is 3.13. The first kappa shape index (κ1) is 19.7. The Hall–Kier alpha value is -1.58. The second-order valence-corrected chi connectivity index (χ2v) is 9.85. The lowest BCUT2D eigenvalue weighted by molar-refractivity contribution is -0.0586. The largest absolute Gasteiger partial charge is 0.338 e. The van der Waals surface area contributed by atoms with Gasteiger partial charge in [-0.3, -0.25) is 4.98 Å². The Balaban J connectivity index is 1.22. The van der Waals surface area contributed by atoms with Crippen LogP contribution in [0.5, 0.6) is 0 Å². The zero-order chi connectivity index (χ0) is 19.4. The van der Waals surface area contributed by atoms with Crippen LogP contribution in [0.1, 0.15) is 70.3 Å². The minimum Gasteiger partial charge on any atom is -0.338 e. The van der Waals surface area contributed by atoms with Crippen molar-refractivity contribution in [3.8, 4) is 0 Å². The van der Waals surface area contributed by atoms with E-state index in [9.17, 15) is 4.79 Å². The molecule has 0 atom stereocenters. The lowest BCUT2D eigenvalue weighted by Crippen LogP contribution is -2.46. The monoisotopic (exact) mass is 383 g/mol. The molecule has 1 N–H and O–H groups in total.